The Morgan fingerprint density at radius 1 is 0.962 bits per heavy atom. The van der Waals surface area contributed by atoms with E-state index in [9.17, 15) is 4.79 Å². The molecule has 3 atom stereocenters. The van der Waals surface area contributed by atoms with Gasteiger partial charge in [0.05, 0.1) is 14.2 Å². The highest BCUT2D eigenvalue weighted by molar-refractivity contribution is 6.01. The molecule has 2 aromatic carbocycles. The number of carbonyl (C=O) groups excluding carboxylic acids is 1. The van der Waals surface area contributed by atoms with Crippen LogP contribution in [0, 0.1) is 11.8 Å². The van der Waals surface area contributed by atoms with Crippen molar-refractivity contribution in [3.63, 3.8) is 0 Å². The smallest absolute Gasteiger partial charge is 0.231 e. The van der Waals surface area contributed by atoms with E-state index in [4.69, 9.17) is 18.9 Å². The minimum Gasteiger partial charge on any atom is -0.493 e. The molecule has 0 saturated carbocycles. The Kier molecular flexibility index (Phi) is 4.02. The number of rotatable bonds is 3. The Morgan fingerprint density at radius 3 is 2.35 bits per heavy atom. The van der Waals surface area contributed by atoms with Gasteiger partial charge in [-0.05, 0) is 41.3 Å². The summed E-state index contributed by atoms with van der Waals surface area (Å²) in [6.45, 7) is 4.31. The summed E-state index contributed by atoms with van der Waals surface area (Å²) in [5.74, 6) is 3.00. The van der Waals surface area contributed by atoms with Crippen LogP contribution in [0.1, 0.15) is 41.3 Å². The summed E-state index contributed by atoms with van der Waals surface area (Å²) < 4.78 is 21.9. The molecule has 5 nitrogen and oxygen atoms in total. The van der Waals surface area contributed by atoms with Crippen LogP contribution in [0.25, 0.3) is 0 Å². The van der Waals surface area contributed by atoms with Gasteiger partial charge in [0.25, 0.3) is 0 Å². The van der Waals surface area contributed by atoms with Crippen molar-refractivity contribution in [1.29, 1.82) is 0 Å². The lowest BCUT2D eigenvalue weighted by Gasteiger charge is -2.35. The van der Waals surface area contributed by atoms with Crippen molar-refractivity contribution in [2.75, 3.05) is 21.0 Å². The Bertz CT molecular complexity index is 873. The molecule has 2 aromatic rings. The maximum atomic E-state index is 12.9. The minimum absolute atomic E-state index is 0.0620. The standard InChI is InChI=1S/C21H22O5/c1-11-12(2)21(22)15-9-19-18(25-10-26-19)8-14(15)20(11)13-5-6-16(23-3)17(7-13)24-4/h5-9,11-12,20H,10H2,1-4H3/t11-,12-,20-/m1/s1. The number of carbonyl (C=O) groups is 1. The fraction of sp³-hybridized carbons (Fsp3) is 0.381. The summed E-state index contributed by atoms with van der Waals surface area (Å²) in [4.78, 5) is 12.9. The number of hydrogen-bond acceptors (Lipinski definition) is 5. The van der Waals surface area contributed by atoms with Crippen LogP contribution in [0.5, 0.6) is 23.0 Å². The molecular formula is C21H22O5. The molecule has 136 valence electrons. The summed E-state index contributed by atoms with van der Waals surface area (Å²) in [6, 6.07) is 9.74. The molecule has 0 N–H and O–H groups in total. The van der Waals surface area contributed by atoms with Gasteiger partial charge in [0, 0.05) is 17.4 Å². The van der Waals surface area contributed by atoms with E-state index in [2.05, 4.69) is 6.92 Å². The van der Waals surface area contributed by atoms with Gasteiger partial charge in [0.15, 0.2) is 28.8 Å². The Balaban J connectivity index is 1.89. The number of benzene rings is 2. The predicted octanol–water partition coefficient (Wildman–Crippen LogP) is 4.03. The zero-order valence-corrected chi connectivity index (χ0v) is 15.4. The van der Waals surface area contributed by atoms with Crippen molar-refractivity contribution >= 4 is 5.78 Å². The first-order valence-corrected chi connectivity index (χ1v) is 8.74. The number of ether oxygens (including phenoxy) is 4. The molecule has 4 rings (SSSR count). The number of fused-ring (bicyclic) bond motifs is 2. The van der Waals surface area contributed by atoms with E-state index in [0.717, 1.165) is 16.7 Å². The summed E-state index contributed by atoms with van der Waals surface area (Å²) in [7, 11) is 3.25. The fourth-order valence-corrected chi connectivity index (χ4v) is 4.01. The number of methoxy groups -OCH3 is 2. The first kappa shape index (κ1) is 16.8. The van der Waals surface area contributed by atoms with Crippen LogP contribution in [-0.4, -0.2) is 26.8 Å². The third kappa shape index (κ3) is 2.42. The quantitative estimate of drug-likeness (QED) is 0.833. The third-order valence-corrected chi connectivity index (χ3v) is 5.64. The van der Waals surface area contributed by atoms with Crippen LogP contribution < -0.4 is 18.9 Å². The molecule has 26 heavy (non-hydrogen) atoms. The van der Waals surface area contributed by atoms with Crippen LogP contribution in [0.2, 0.25) is 0 Å². The van der Waals surface area contributed by atoms with Gasteiger partial charge in [-0.15, -0.1) is 0 Å². The normalized spacial score (nSPS) is 23.5. The SMILES string of the molecule is COc1ccc([C@@H]2c3cc4c(cc3C(=O)[C@H](C)[C@H]2C)OCO4)cc1OC. The maximum Gasteiger partial charge on any atom is 0.231 e. The monoisotopic (exact) mass is 354 g/mol. The van der Waals surface area contributed by atoms with Crippen molar-refractivity contribution in [3.05, 3.63) is 47.0 Å². The molecule has 0 aromatic heterocycles. The highest BCUT2D eigenvalue weighted by Crippen LogP contribution is 2.48. The van der Waals surface area contributed by atoms with E-state index < -0.39 is 0 Å². The molecule has 1 heterocycles. The topological polar surface area (TPSA) is 54.0 Å². The zero-order chi connectivity index (χ0) is 18.4. The van der Waals surface area contributed by atoms with Gasteiger partial charge in [-0.1, -0.05) is 19.9 Å². The number of ketones is 1. The largest absolute Gasteiger partial charge is 0.493 e. The third-order valence-electron chi connectivity index (χ3n) is 5.64. The van der Waals surface area contributed by atoms with Crippen molar-refractivity contribution in [2.24, 2.45) is 11.8 Å². The predicted molar refractivity (Wildman–Crippen MR) is 96.6 cm³/mol. The van der Waals surface area contributed by atoms with Gasteiger partial charge in [-0.3, -0.25) is 4.79 Å². The molecule has 0 unspecified atom stereocenters. The van der Waals surface area contributed by atoms with Gasteiger partial charge in [-0.25, -0.2) is 0 Å². The van der Waals surface area contributed by atoms with Crippen molar-refractivity contribution in [2.45, 2.75) is 19.8 Å². The second kappa shape index (κ2) is 6.24. The molecule has 0 amide bonds. The van der Waals surface area contributed by atoms with Gasteiger partial charge in [0.2, 0.25) is 6.79 Å². The molecule has 0 bridgehead atoms. The van der Waals surface area contributed by atoms with Gasteiger partial charge >= 0.3 is 0 Å². The minimum atomic E-state index is -0.0824. The van der Waals surface area contributed by atoms with Crippen LogP contribution >= 0.6 is 0 Å². The van der Waals surface area contributed by atoms with Gasteiger partial charge < -0.3 is 18.9 Å². The van der Waals surface area contributed by atoms with Gasteiger partial charge in [0.1, 0.15) is 0 Å². The van der Waals surface area contributed by atoms with Gasteiger partial charge in [-0.2, -0.15) is 0 Å². The lowest BCUT2D eigenvalue weighted by atomic mass is 9.67. The van der Waals surface area contributed by atoms with E-state index in [1.54, 1.807) is 14.2 Å². The van der Waals surface area contributed by atoms with E-state index in [-0.39, 0.29) is 30.3 Å². The highest BCUT2D eigenvalue weighted by Gasteiger charge is 2.39. The van der Waals surface area contributed by atoms with Crippen LogP contribution in [0.15, 0.2) is 30.3 Å². The summed E-state index contributed by atoms with van der Waals surface area (Å²) in [5, 5.41) is 0. The van der Waals surface area contributed by atoms with E-state index in [1.807, 2.05) is 37.3 Å². The molecule has 1 aliphatic carbocycles. The Morgan fingerprint density at radius 2 is 1.65 bits per heavy atom. The molecule has 1 aliphatic heterocycles. The lowest BCUT2D eigenvalue weighted by Crippen LogP contribution is -2.32. The summed E-state index contributed by atoms with van der Waals surface area (Å²) >= 11 is 0. The van der Waals surface area contributed by atoms with Crippen LogP contribution in [-0.2, 0) is 0 Å². The summed E-state index contributed by atoms with van der Waals surface area (Å²) in [5.41, 5.74) is 2.80. The Labute approximate surface area is 152 Å². The van der Waals surface area contributed by atoms with E-state index in [1.165, 1.54) is 0 Å². The molecule has 0 fully saturated rings. The average molecular weight is 354 g/mol. The van der Waals surface area contributed by atoms with Crippen molar-refractivity contribution in [1.82, 2.24) is 0 Å². The molecule has 0 spiro atoms. The zero-order valence-electron chi connectivity index (χ0n) is 15.4. The molecule has 0 saturated heterocycles. The highest BCUT2D eigenvalue weighted by atomic mass is 16.7. The van der Waals surface area contributed by atoms with Crippen LogP contribution in [0.4, 0.5) is 0 Å². The summed E-state index contributed by atoms with van der Waals surface area (Å²) in [6.07, 6.45) is 0. The number of Topliss-reactive ketones (excluding diaryl/α,β-unsaturated/α-hetero) is 1. The maximum absolute atomic E-state index is 12.9. The fourth-order valence-electron chi connectivity index (χ4n) is 4.01. The second-order valence-electron chi connectivity index (χ2n) is 6.90. The Hall–Kier alpha value is -2.69. The lowest BCUT2D eigenvalue weighted by molar-refractivity contribution is 0.0866. The first-order valence-electron chi connectivity index (χ1n) is 8.74. The van der Waals surface area contributed by atoms with Crippen molar-refractivity contribution < 1.29 is 23.7 Å². The molecular weight excluding hydrogens is 332 g/mol. The molecule has 5 heteroatoms. The van der Waals surface area contributed by atoms with E-state index in [0.29, 0.717) is 23.0 Å². The molecule has 0 radical (unpaired) electrons. The van der Waals surface area contributed by atoms with Crippen molar-refractivity contribution in [3.8, 4) is 23.0 Å². The first-order chi connectivity index (χ1) is 12.5. The average Bonchev–Trinajstić information content (AvgIpc) is 3.12. The van der Waals surface area contributed by atoms with E-state index >= 15 is 0 Å². The van der Waals surface area contributed by atoms with Crippen LogP contribution in [0.3, 0.4) is 0 Å². The number of hydrogen-bond donors (Lipinski definition) is 0. The molecule has 2 aliphatic rings. The second-order valence-corrected chi connectivity index (χ2v) is 6.90.